The molecular weight excluding hydrogens is 266 g/mol. The van der Waals surface area contributed by atoms with Crippen molar-refractivity contribution in [1.29, 1.82) is 0 Å². The van der Waals surface area contributed by atoms with Crippen LogP contribution in [0.5, 0.6) is 11.5 Å². The van der Waals surface area contributed by atoms with E-state index in [9.17, 15) is 4.79 Å². The predicted molar refractivity (Wildman–Crippen MR) is 78.8 cm³/mol. The van der Waals surface area contributed by atoms with Crippen molar-refractivity contribution in [3.05, 3.63) is 53.1 Å². The van der Waals surface area contributed by atoms with Gasteiger partial charge in [-0.05, 0) is 24.1 Å². The van der Waals surface area contributed by atoms with Crippen molar-refractivity contribution >= 4 is 11.6 Å². The number of aryl methyl sites for hydroxylation is 1. The molecule has 2 aromatic rings. The Morgan fingerprint density at radius 1 is 1.10 bits per heavy atom. The molecule has 1 amide bonds. The van der Waals surface area contributed by atoms with Crippen LogP contribution in [-0.4, -0.2) is 12.7 Å². The molecule has 0 bridgehead atoms. The molecule has 21 heavy (non-hydrogen) atoms. The molecule has 106 valence electrons. The highest BCUT2D eigenvalue weighted by molar-refractivity contribution is 5.96. The molecule has 4 heteroatoms. The van der Waals surface area contributed by atoms with E-state index in [0.717, 1.165) is 22.6 Å². The van der Waals surface area contributed by atoms with E-state index in [1.807, 2.05) is 12.1 Å². The van der Waals surface area contributed by atoms with Gasteiger partial charge in [0.05, 0.1) is 0 Å². The van der Waals surface area contributed by atoms with E-state index < -0.39 is 0 Å². The summed E-state index contributed by atoms with van der Waals surface area (Å²) in [6, 6.07) is 12.2. The summed E-state index contributed by atoms with van der Waals surface area (Å²) < 4.78 is 10.8. The Morgan fingerprint density at radius 2 is 1.81 bits per heavy atom. The second-order valence-corrected chi connectivity index (χ2v) is 5.51. The maximum absolute atomic E-state index is 12.0. The summed E-state index contributed by atoms with van der Waals surface area (Å²) in [5.41, 5.74) is 4.27. The average Bonchev–Trinajstić information content (AvgIpc) is 2.92. The van der Waals surface area contributed by atoms with Crippen molar-refractivity contribution in [1.82, 2.24) is 0 Å². The maximum atomic E-state index is 12.0. The third-order valence-electron chi connectivity index (χ3n) is 4.06. The van der Waals surface area contributed by atoms with Crippen molar-refractivity contribution in [3.63, 3.8) is 0 Å². The molecular formula is C17H15NO3. The lowest BCUT2D eigenvalue weighted by atomic mass is 9.84. The van der Waals surface area contributed by atoms with Crippen molar-refractivity contribution in [2.45, 2.75) is 19.3 Å². The molecule has 0 aliphatic carbocycles. The molecule has 0 fully saturated rings. The molecule has 0 radical (unpaired) electrons. The summed E-state index contributed by atoms with van der Waals surface area (Å²) in [4.78, 5) is 12.0. The van der Waals surface area contributed by atoms with E-state index in [1.165, 1.54) is 5.56 Å². The van der Waals surface area contributed by atoms with Gasteiger partial charge in [0.15, 0.2) is 11.5 Å². The van der Waals surface area contributed by atoms with Gasteiger partial charge in [0.1, 0.15) is 0 Å². The van der Waals surface area contributed by atoms with Gasteiger partial charge in [-0.1, -0.05) is 29.8 Å². The van der Waals surface area contributed by atoms with E-state index in [1.54, 1.807) is 0 Å². The lowest BCUT2D eigenvalue weighted by Crippen LogP contribution is -2.23. The zero-order valence-corrected chi connectivity index (χ0v) is 11.7. The first-order valence-corrected chi connectivity index (χ1v) is 7.00. The molecule has 2 aliphatic rings. The minimum Gasteiger partial charge on any atom is -0.454 e. The fraction of sp³-hybridized carbons (Fsp3) is 0.235. The highest BCUT2D eigenvalue weighted by Gasteiger charge is 2.29. The van der Waals surface area contributed by atoms with Crippen molar-refractivity contribution in [3.8, 4) is 11.5 Å². The third-order valence-corrected chi connectivity index (χ3v) is 4.06. The van der Waals surface area contributed by atoms with Crippen LogP contribution in [0.15, 0.2) is 36.4 Å². The number of nitrogens with one attached hydrogen (secondary N) is 1. The molecule has 1 atom stereocenters. The molecule has 4 rings (SSSR count). The Labute approximate surface area is 122 Å². The minimum atomic E-state index is 0.0342. The molecule has 0 saturated carbocycles. The van der Waals surface area contributed by atoms with Gasteiger partial charge in [-0.2, -0.15) is 0 Å². The van der Waals surface area contributed by atoms with Crippen LogP contribution < -0.4 is 14.8 Å². The Kier molecular flexibility index (Phi) is 2.64. The predicted octanol–water partition coefficient (Wildman–Crippen LogP) is 3.20. The summed E-state index contributed by atoms with van der Waals surface area (Å²) in [5.74, 6) is 1.54. The van der Waals surface area contributed by atoms with E-state index in [-0.39, 0.29) is 18.6 Å². The largest absolute Gasteiger partial charge is 0.454 e. The van der Waals surface area contributed by atoms with Crippen molar-refractivity contribution in [2.24, 2.45) is 0 Å². The standard InChI is InChI=1S/C17H15NO3/c1-10-2-4-11(5-3-10)12-7-17(19)18-14-8-16-15(6-13(12)14)20-9-21-16/h2-6,8,12H,7,9H2,1H3,(H,18,19)/t12-/m1/s1. The number of benzene rings is 2. The quantitative estimate of drug-likeness (QED) is 0.873. The highest BCUT2D eigenvalue weighted by atomic mass is 16.7. The number of carbonyl (C=O) groups excluding carboxylic acids is 1. The summed E-state index contributed by atoms with van der Waals surface area (Å²) in [6.07, 6.45) is 0.454. The number of amides is 1. The lowest BCUT2D eigenvalue weighted by Gasteiger charge is -2.26. The average molecular weight is 281 g/mol. The van der Waals surface area contributed by atoms with E-state index in [0.29, 0.717) is 12.2 Å². The molecule has 0 aromatic heterocycles. The van der Waals surface area contributed by atoms with Crippen LogP contribution in [0.4, 0.5) is 5.69 Å². The third kappa shape index (κ3) is 2.03. The van der Waals surface area contributed by atoms with Crippen LogP contribution >= 0.6 is 0 Å². The van der Waals surface area contributed by atoms with E-state index in [4.69, 9.17) is 9.47 Å². The van der Waals surface area contributed by atoms with Gasteiger partial charge >= 0.3 is 0 Å². The zero-order valence-electron chi connectivity index (χ0n) is 11.7. The first-order chi connectivity index (χ1) is 10.2. The second kappa shape index (κ2) is 4.52. The van der Waals surface area contributed by atoms with E-state index in [2.05, 4.69) is 36.5 Å². The van der Waals surface area contributed by atoms with Crippen molar-refractivity contribution < 1.29 is 14.3 Å². The molecule has 2 aromatic carbocycles. The molecule has 0 saturated heterocycles. The number of anilines is 1. The van der Waals surface area contributed by atoms with Gasteiger partial charge in [0.25, 0.3) is 0 Å². The van der Waals surface area contributed by atoms with Crippen LogP contribution in [0, 0.1) is 6.92 Å². The molecule has 0 spiro atoms. The van der Waals surface area contributed by atoms with Gasteiger partial charge in [-0.3, -0.25) is 4.79 Å². The fourth-order valence-electron chi connectivity index (χ4n) is 2.95. The molecule has 2 heterocycles. The summed E-state index contributed by atoms with van der Waals surface area (Å²) in [7, 11) is 0. The fourth-order valence-corrected chi connectivity index (χ4v) is 2.95. The SMILES string of the molecule is Cc1ccc([C@H]2CC(=O)Nc3cc4c(cc32)OCO4)cc1. The number of hydrogen-bond acceptors (Lipinski definition) is 3. The lowest BCUT2D eigenvalue weighted by molar-refractivity contribution is -0.116. The first kappa shape index (κ1) is 12.3. The van der Waals surface area contributed by atoms with E-state index >= 15 is 0 Å². The first-order valence-electron chi connectivity index (χ1n) is 7.00. The van der Waals surface area contributed by atoms with Crippen molar-refractivity contribution in [2.75, 3.05) is 12.1 Å². The number of ether oxygens (including phenoxy) is 2. The monoisotopic (exact) mass is 281 g/mol. The highest BCUT2D eigenvalue weighted by Crippen LogP contribution is 2.44. The smallest absolute Gasteiger partial charge is 0.231 e. The van der Waals surface area contributed by atoms with Gasteiger partial charge in [-0.25, -0.2) is 0 Å². The van der Waals surface area contributed by atoms with Crippen LogP contribution in [-0.2, 0) is 4.79 Å². The summed E-state index contributed by atoms with van der Waals surface area (Å²) in [5, 5.41) is 2.93. The Balaban J connectivity index is 1.83. The van der Waals surface area contributed by atoms with Gasteiger partial charge < -0.3 is 14.8 Å². The Hall–Kier alpha value is -2.49. The molecule has 4 nitrogen and oxygen atoms in total. The van der Waals surface area contributed by atoms with Gasteiger partial charge in [-0.15, -0.1) is 0 Å². The van der Waals surface area contributed by atoms with Crippen LogP contribution in [0.1, 0.15) is 29.0 Å². The Bertz CT molecular complexity index is 722. The minimum absolute atomic E-state index is 0.0342. The topological polar surface area (TPSA) is 47.6 Å². The number of fused-ring (bicyclic) bond motifs is 2. The zero-order chi connectivity index (χ0) is 14.4. The van der Waals surface area contributed by atoms with Crippen LogP contribution in [0.25, 0.3) is 0 Å². The summed E-state index contributed by atoms with van der Waals surface area (Å²) in [6.45, 7) is 2.30. The number of rotatable bonds is 1. The van der Waals surface area contributed by atoms with Gasteiger partial charge in [0, 0.05) is 24.1 Å². The van der Waals surface area contributed by atoms with Crippen LogP contribution in [0.3, 0.4) is 0 Å². The number of hydrogen-bond donors (Lipinski definition) is 1. The molecule has 0 unspecified atom stereocenters. The summed E-state index contributed by atoms with van der Waals surface area (Å²) >= 11 is 0. The second-order valence-electron chi connectivity index (χ2n) is 5.51. The number of carbonyl (C=O) groups is 1. The normalized spacial score (nSPS) is 19.1. The maximum Gasteiger partial charge on any atom is 0.231 e. The Morgan fingerprint density at radius 3 is 2.57 bits per heavy atom. The molecule has 1 N–H and O–H groups in total. The van der Waals surface area contributed by atoms with Crippen LogP contribution in [0.2, 0.25) is 0 Å². The molecule has 2 aliphatic heterocycles. The van der Waals surface area contributed by atoms with Gasteiger partial charge in [0.2, 0.25) is 12.7 Å².